The van der Waals surface area contributed by atoms with Gasteiger partial charge in [-0.15, -0.1) is 0 Å². The first-order valence-electron chi connectivity index (χ1n) is 7.69. The number of amides is 1. The number of nitro groups is 1. The maximum Gasteiger partial charge on any atom is 0.418 e. The lowest BCUT2D eigenvalue weighted by atomic mass is 10.1. The summed E-state index contributed by atoms with van der Waals surface area (Å²) in [4.78, 5) is 20.4. The number of carbonyl (C=O) groups excluding carboxylic acids is 1. The molecule has 0 aliphatic rings. The Morgan fingerprint density at radius 1 is 1.17 bits per heavy atom. The Kier molecular flexibility index (Phi) is 6.01. The molecule has 0 saturated heterocycles. The maximum atomic E-state index is 13.4. The molecular weight excluding hydrogens is 419 g/mol. The van der Waals surface area contributed by atoms with Crippen LogP contribution in [-0.2, 0) is 21.0 Å². The van der Waals surface area contributed by atoms with Crippen molar-refractivity contribution in [1.29, 1.82) is 0 Å². The number of nitro benzene ring substituents is 1. The van der Waals surface area contributed by atoms with Crippen LogP contribution in [0.4, 0.5) is 30.2 Å². The number of hydrogen-bond donors (Lipinski definition) is 2. The standard InChI is InChI=1S/C16H14F3N3O6S/c1-9(23)20-10-3-5-13(12(7-10)16(17,18)19)21-29(26,27)15-6-4-11(28-2)8-14(15)22(24)25/h3-8,21H,1-2H3,(H,20,23). The first-order valence-corrected chi connectivity index (χ1v) is 9.17. The van der Waals surface area contributed by atoms with Gasteiger partial charge in [-0.2, -0.15) is 13.2 Å². The van der Waals surface area contributed by atoms with Crippen molar-refractivity contribution in [2.24, 2.45) is 0 Å². The van der Waals surface area contributed by atoms with Gasteiger partial charge in [0.15, 0.2) is 4.90 Å². The van der Waals surface area contributed by atoms with Crippen LogP contribution < -0.4 is 14.8 Å². The number of hydrogen-bond acceptors (Lipinski definition) is 6. The molecule has 0 atom stereocenters. The van der Waals surface area contributed by atoms with Crippen LogP contribution in [0.25, 0.3) is 0 Å². The molecular formula is C16H14F3N3O6S. The van der Waals surface area contributed by atoms with Crippen LogP contribution in [0.5, 0.6) is 5.75 Å². The van der Waals surface area contributed by atoms with Crippen molar-refractivity contribution in [3.05, 3.63) is 52.1 Å². The smallest absolute Gasteiger partial charge is 0.418 e. The van der Waals surface area contributed by atoms with Crippen LogP contribution >= 0.6 is 0 Å². The number of benzene rings is 2. The van der Waals surface area contributed by atoms with Crippen molar-refractivity contribution < 1.29 is 36.0 Å². The fraction of sp³-hybridized carbons (Fsp3) is 0.188. The van der Waals surface area contributed by atoms with E-state index in [2.05, 4.69) is 5.32 Å². The zero-order valence-corrected chi connectivity index (χ0v) is 15.7. The normalized spacial score (nSPS) is 11.6. The summed E-state index contributed by atoms with van der Waals surface area (Å²) in [5.41, 5.74) is -3.33. The first kappa shape index (κ1) is 21.9. The van der Waals surface area contributed by atoms with E-state index in [0.717, 1.165) is 37.3 Å². The largest absolute Gasteiger partial charge is 0.497 e. The van der Waals surface area contributed by atoms with Gasteiger partial charge in [-0.3, -0.25) is 19.6 Å². The van der Waals surface area contributed by atoms with Crippen molar-refractivity contribution in [3.63, 3.8) is 0 Å². The molecule has 0 saturated carbocycles. The second-order valence-electron chi connectivity index (χ2n) is 5.64. The van der Waals surface area contributed by atoms with E-state index in [1.165, 1.54) is 7.11 Å². The van der Waals surface area contributed by atoms with Gasteiger partial charge < -0.3 is 10.1 Å². The number of anilines is 2. The first-order chi connectivity index (χ1) is 13.3. The number of halogens is 3. The minimum absolute atomic E-state index is 0.00806. The van der Waals surface area contributed by atoms with E-state index in [-0.39, 0.29) is 11.4 Å². The topological polar surface area (TPSA) is 128 Å². The molecule has 29 heavy (non-hydrogen) atoms. The van der Waals surface area contributed by atoms with Crippen LogP contribution in [0.3, 0.4) is 0 Å². The minimum atomic E-state index is -4.97. The zero-order valence-electron chi connectivity index (χ0n) is 14.9. The highest BCUT2D eigenvalue weighted by Gasteiger charge is 2.36. The molecule has 0 aliphatic heterocycles. The van der Waals surface area contributed by atoms with Crippen molar-refractivity contribution >= 4 is 33.0 Å². The lowest BCUT2D eigenvalue weighted by Crippen LogP contribution is -2.19. The maximum absolute atomic E-state index is 13.4. The van der Waals surface area contributed by atoms with Gasteiger partial charge in [0.2, 0.25) is 5.91 Å². The fourth-order valence-corrected chi connectivity index (χ4v) is 3.58. The average molecular weight is 433 g/mol. The molecule has 0 aliphatic carbocycles. The van der Waals surface area contributed by atoms with E-state index < -0.39 is 48.9 Å². The third-order valence-electron chi connectivity index (χ3n) is 3.54. The van der Waals surface area contributed by atoms with Crippen LogP contribution in [0, 0.1) is 10.1 Å². The highest BCUT2D eigenvalue weighted by molar-refractivity contribution is 7.92. The highest BCUT2D eigenvalue weighted by Crippen LogP contribution is 2.38. The summed E-state index contributed by atoms with van der Waals surface area (Å²) in [5, 5.41) is 13.4. The Balaban J connectivity index is 2.55. The Morgan fingerprint density at radius 2 is 1.83 bits per heavy atom. The van der Waals surface area contributed by atoms with E-state index in [0.29, 0.717) is 6.07 Å². The number of alkyl halides is 3. The molecule has 156 valence electrons. The molecule has 2 aromatic rings. The molecule has 0 radical (unpaired) electrons. The summed E-state index contributed by atoms with van der Waals surface area (Å²) in [6.45, 7) is 1.09. The zero-order chi connectivity index (χ0) is 22.0. The highest BCUT2D eigenvalue weighted by atomic mass is 32.2. The number of methoxy groups -OCH3 is 1. The number of nitrogens with one attached hydrogen (secondary N) is 2. The number of carbonyl (C=O) groups is 1. The Bertz CT molecular complexity index is 1070. The Hall–Kier alpha value is -3.35. The average Bonchev–Trinajstić information content (AvgIpc) is 2.60. The predicted molar refractivity (Wildman–Crippen MR) is 96.2 cm³/mol. The van der Waals surface area contributed by atoms with Crippen molar-refractivity contribution in [3.8, 4) is 5.75 Å². The van der Waals surface area contributed by atoms with E-state index in [1.807, 2.05) is 0 Å². The third-order valence-corrected chi connectivity index (χ3v) is 4.95. The van der Waals surface area contributed by atoms with Gasteiger partial charge in [-0.1, -0.05) is 0 Å². The molecule has 0 heterocycles. The van der Waals surface area contributed by atoms with E-state index in [9.17, 15) is 36.5 Å². The second-order valence-corrected chi connectivity index (χ2v) is 7.29. The summed E-state index contributed by atoms with van der Waals surface area (Å²) >= 11 is 0. The van der Waals surface area contributed by atoms with Crippen LogP contribution in [0.1, 0.15) is 12.5 Å². The van der Waals surface area contributed by atoms with Gasteiger partial charge in [0.25, 0.3) is 15.7 Å². The van der Waals surface area contributed by atoms with Crippen LogP contribution in [0.2, 0.25) is 0 Å². The van der Waals surface area contributed by atoms with Crippen molar-refractivity contribution in [2.75, 3.05) is 17.1 Å². The Morgan fingerprint density at radius 3 is 2.34 bits per heavy atom. The van der Waals surface area contributed by atoms with E-state index in [4.69, 9.17) is 4.74 Å². The number of rotatable bonds is 6. The van der Waals surface area contributed by atoms with Gasteiger partial charge in [0.1, 0.15) is 5.75 Å². The molecule has 2 rings (SSSR count). The van der Waals surface area contributed by atoms with Crippen molar-refractivity contribution in [1.82, 2.24) is 0 Å². The van der Waals surface area contributed by atoms with Gasteiger partial charge in [-0.25, -0.2) is 8.42 Å². The fourth-order valence-electron chi connectivity index (χ4n) is 2.34. The summed E-state index contributed by atoms with van der Waals surface area (Å²) in [6, 6.07) is 5.18. The Labute approximate surface area is 162 Å². The molecule has 0 fully saturated rings. The minimum Gasteiger partial charge on any atom is -0.497 e. The monoisotopic (exact) mass is 433 g/mol. The number of sulfonamides is 1. The molecule has 1 amide bonds. The molecule has 0 aromatic heterocycles. The third kappa shape index (κ3) is 5.13. The van der Waals surface area contributed by atoms with Crippen LogP contribution in [-0.4, -0.2) is 26.4 Å². The molecule has 9 nitrogen and oxygen atoms in total. The van der Waals surface area contributed by atoms with Gasteiger partial charge in [0.05, 0.1) is 29.4 Å². The summed E-state index contributed by atoms with van der Waals surface area (Å²) in [5.74, 6) is -0.633. The SMILES string of the molecule is COc1ccc(S(=O)(=O)Nc2ccc(NC(C)=O)cc2C(F)(F)F)c([N+](=O)[O-])c1. The number of nitrogens with zero attached hydrogens (tertiary/aromatic N) is 1. The quantitative estimate of drug-likeness (QED) is 0.531. The summed E-state index contributed by atoms with van der Waals surface area (Å²) in [7, 11) is -3.56. The lowest BCUT2D eigenvalue weighted by Gasteiger charge is -2.16. The predicted octanol–water partition coefficient (Wildman–Crippen LogP) is 3.38. The summed E-state index contributed by atoms with van der Waals surface area (Å²) < 4.78 is 71.8. The molecule has 13 heteroatoms. The van der Waals surface area contributed by atoms with E-state index in [1.54, 1.807) is 4.72 Å². The molecule has 0 bridgehead atoms. The second kappa shape index (κ2) is 7.95. The molecule has 2 aromatic carbocycles. The van der Waals surface area contributed by atoms with Crippen molar-refractivity contribution in [2.45, 2.75) is 18.0 Å². The summed E-state index contributed by atoms with van der Waals surface area (Å²) in [6.07, 6.45) is -4.97. The van der Waals surface area contributed by atoms with Gasteiger partial charge in [0, 0.05) is 12.6 Å². The lowest BCUT2D eigenvalue weighted by molar-refractivity contribution is -0.387. The van der Waals surface area contributed by atoms with Gasteiger partial charge in [-0.05, 0) is 30.3 Å². The van der Waals surface area contributed by atoms with E-state index >= 15 is 0 Å². The van der Waals surface area contributed by atoms with Gasteiger partial charge >= 0.3 is 6.18 Å². The molecule has 0 spiro atoms. The molecule has 0 unspecified atom stereocenters. The van der Waals surface area contributed by atoms with Crippen LogP contribution in [0.15, 0.2) is 41.3 Å². The molecule has 2 N–H and O–H groups in total. The number of ether oxygens (including phenoxy) is 1.